The lowest BCUT2D eigenvalue weighted by Crippen LogP contribution is -1.98. The number of anilines is 1. The highest BCUT2D eigenvalue weighted by Crippen LogP contribution is 2.29. The third-order valence-electron chi connectivity index (χ3n) is 2.41. The average Bonchev–Trinajstić information content (AvgIpc) is 2.40. The highest BCUT2D eigenvalue weighted by atomic mass is 79.9. The van der Waals surface area contributed by atoms with Crippen LogP contribution in [0.2, 0.25) is 0 Å². The molecule has 1 N–H and O–H groups in total. The fourth-order valence-corrected chi connectivity index (χ4v) is 3.02. The van der Waals surface area contributed by atoms with Crippen molar-refractivity contribution >= 4 is 33.5 Å². The lowest BCUT2D eigenvalue weighted by molar-refractivity contribution is 1.14. The Hall–Kier alpha value is -1.00. The van der Waals surface area contributed by atoms with Gasteiger partial charge in [-0.05, 0) is 46.6 Å². The number of thioether (sulfide) groups is 1. The number of halogens is 1. The number of hydrogen-bond acceptors (Lipinski definition) is 3. The minimum atomic E-state index is 0.901. The zero-order valence-electron chi connectivity index (χ0n) is 10.2. The Balaban J connectivity index is 1.96. The second kappa shape index (κ2) is 6.81. The van der Waals surface area contributed by atoms with Crippen LogP contribution < -0.4 is 5.32 Å². The maximum absolute atomic E-state index is 4.37. The Labute approximate surface area is 120 Å². The van der Waals surface area contributed by atoms with E-state index in [1.54, 1.807) is 0 Å². The van der Waals surface area contributed by atoms with Crippen LogP contribution in [0.3, 0.4) is 0 Å². The molecular weight excluding hydrogens is 308 g/mol. The van der Waals surface area contributed by atoms with E-state index < -0.39 is 0 Å². The number of hydrogen-bond donors (Lipinski definition) is 1. The zero-order chi connectivity index (χ0) is 12.8. The molecule has 0 unspecified atom stereocenters. The molecule has 1 aromatic carbocycles. The molecule has 0 aliphatic rings. The van der Waals surface area contributed by atoms with Gasteiger partial charge < -0.3 is 5.32 Å². The van der Waals surface area contributed by atoms with E-state index in [-0.39, 0.29) is 0 Å². The molecule has 0 atom stereocenters. The summed E-state index contributed by atoms with van der Waals surface area (Å²) in [7, 11) is 0. The molecule has 0 amide bonds. The first-order chi connectivity index (χ1) is 8.79. The van der Waals surface area contributed by atoms with Crippen LogP contribution in [0.1, 0.15) is 12.5 Å². The van der Waals surface area contributed by atoms with Crippen LogP contribution in [0.4, 0.5) is 5.82 Å². The Kier molecular flexibility index (Phi) is 5.08. The molecule has 0 bridgehead atoms. The molecule has 4 heteroatoms. The van der Waals surface area contributed by atoms with E-state index in [9.17, 15) is 0 Å². The maximum atomic E-state index is 4.37. The van der Waals surface area contributed by atoms with Crippen molar-refractivity contribution in [1.29, 1.82) is 0 Å². The molecule has 1 heterocycles. The fourth-order valence-electron chi connectivity index (χ4n) is 1.52. The van der Waals surface area contributed by atoms with E-state index in [1.165, 1.54) is 10.5 Å². The van der Waals surface area contributed by atoms with Crippen LogP contribution in [-0.2, 0) is 5.75 Å². The first kappa shape index (κ1) is 13.4. The zero-order valence-corrected chi connectivity index (χ0v) is 12.6. The van der Waals surface area contributed by atoms with Crippen molar-refractivity contribution in [3.05, 3.63) is 52.6 Å². The van der Waals surface area contributed by atoms with Crippen molar-refractivity contribution < 1.29 is 0 Å². The van der Waals surface area contributed by atoms with Gasteiger partial charge in [-0.3, -0.25) is 0 Å². The molecule has 0 radical (unpaired) electrons. The Morgan fingerprint density at radius 1 is 1.22 bits per heavy atom. The molecule has 94 valence electrons. The summed E-state index contributed by atoms with van der Waals surface area (Å²) in [6, 6.07) is 12.4. The first-order valence-corrected chi connectivity index (χ1v) is 7.63. The summed E-state index contributed by atoms with van der Waals surface area (Å²) in [4.78, 5) is 5.62. The van der Waals surface area contributed by atoms with Crippen LogP contribution in [-0.4, -0.2) is 11.5 Å². The van der Waals surface area contributed by atoms with Gasteiger partial charge >= 0.3 is 0 Å². The molecular formula is C14H15BrN2S. The molecule has 2 aromatic rings. The summed E-state index contributed by atoms with van der Waals surface area (Å²) in [5.41, 5.74) is 1.23. The fraction of sp³-hybridized carbons (Fsp3) is 0.214. The molecule has 0 fully saturated rings. The lowest BCUT2D eigenvalue weighted by atomic mass is 10.3. The molecule has 0 aliphatic heterocycles. The van der Waals surface area contributed by atoms with Gasteiger partial charge in [-0.25, -0.2) is 4.98 Å². The van der Waals surface area contributed by atoms with E-state index in [4.69, 9.17) is 0 Å². The normalized spacial score (nSPS) is 10.3. The number of benzene rings is 1. The summed E-state index contributed by atoms with van der Waals surface area (Å²) in [6.45, 7) is 2.97. The first-order valence-electron chi connectivity index (χ1n) is 5.85. The van der Waals surface area contributed by atoms with Gasteiger partial charge in [0, 0.05) is 27.9 Å². The predicted molar refractivity (Wildman–Crippen MR) is 82.1 cm³/mol. The van der Waals surface area contributed by atoms with Crippen LogP contribution in [0.25, 0.3) is 0 Å². The number of nitrogens with one attached hydrogen (secondary N) is 1. The van der Waals surface area contributed by atoms with E-state index in [2.05, 4.69) is 57.4 Å². The van der Waals surface area contributed by atoms with Crippen LogP contribution in [0.5, 0.6) is 0 Å². The minimum absolute atomic E-state index is 0.901. The number of aromatic nitrogens is 1. The van der Waals surface area contributed by atoms with Gasteiger partial charge in [0.05, 0.1) is 0 Å². The van der Waals surface area contributed by atoms with Crippen molar-refractivity contribution in [2.45, 2.75) is 17.6 Å². The van der Waals surface area contributed by atoms with Crippen LogP contribution in [0.15, 0.2) is 52.0 Å². The highest BCUT2D eigenvalue weighted by Gasteiger charge is 2.01. The standard InChI is InChI=1S/C14H15BrN2S/c1-2-16-14-8-7-11(9-17-14)10-18-13-6-4-3-5-12(13)15/h3-9H,2,10H2,1H3,(H,16,17). The van der Waals surface area contributed by atoms with Gasteiger partial charge in [-0.15, -0.1) is 11.8 Å². The van der Waals surface area contributed by atoms with Gasteiger partial charge in [0.15, 0.2) is 0 Å². The maximum Gasteiger partial charge on any atom is 0.125 e. The lowest BCUT2D eigenvalue weighted by Gasteiger charge is -2.05. The van der Waals surface area contributed by atoms with Crippen molar-refractivity contribution in [3.8, 4) is 0 Å². The smallest absolute Gasteiger partial charge is 0.125 e. The topological polar surface area (TPSA) is 24.9 Å². The average molecular weight is 323 g/mol. The molecule has 1 aromatic heterocycles. The van der Waals surface area contributed by atoms with E-state index in [0.29, 0.717) is 0 Å². The second-order valence-corrected chi connectivity index (χ2v) is 5.67. The summed E-state index contributed by atoms with van der Waals surface area (Å²) >= 11 is 5.37. The van der Waals surface area contributed by atoms with Gasteiger partial charge in [-0.1, -0.05) is 18.2 Å². The summed E-state index contributed by atoms with van der Waals surface area (Å²) in [5.74, 6) is 1.87. The number of nitrogens with zero attached hydrogens (tertiary/aromatic N) is 1. The summed E-state index contributed by atoms with van der Waals surface area (Å²) < 4.78 is 1.15. The molecule has 0 saturated carbocycles. The molecule has 2 rings (SSSR count). The van der Waals surface area contributed by atoms with E-state index in [0.717, 1.165) is 22.6 Å². The third-order valence-corrected chi connectivity index (χ3v) is 4.51. The van der Waals surface area contributed by atoms with E-state index >= 15 is 0 Å². The predicted octanol–water partition coefficient (Wildman–Crippen LogP) is 4.57. The molecule has 2 nitrogen and oxygen atoms in total. The monoisotopic (exact) mass is 322 g/mol. The summed E-state index contributed by atoms with van der Waals surface area (Å²) in [5, 5.41) is 3.19. The third kappa shape index (κ3) is 3.75. The highest BCUT2D eigenvalue weighted by molar-refractivity contribution is 9.10. The van der Waals surface area contributed by atoms with Crippen molar-refractivity contribution in [3.63, 3.8) is 0 Å². The molecule has 0 spiro atoms. The van der Waals surface area contributed by atoms with Crippen LogP contribution in [0, 0.1) is 0 Å². The van der Waals surface area contributed by atoms with Gasteiger partial charge in [0.25, 0.3) is 0 Å². The Morgan fingerprint density at radius 3 is 2.72 bits per heavy atom. The second-order valence-electron chi connectivity index (χ2n) is 3.80. The van der Waals surface area contributed by atoms with E-state index in [1.807, 2.05) is 30.1 Å². The minimum Gasteiger partial charge on any atom is -0.370 e. The summed E-state index contributed by atoms with van der Waals surface area (Å²) in [6.07, 6.45) is 1.93. The Bertz CT molecular complexity index is 499. The Morgan fingerprint density at radius 2 is 2.06 bits per heavy atom. The van der Waals surface area contributed by atoms with Crippen molar-refractivity contribution in [1.82, 2.24) is 4.98 Å². The van der Waals surface area contributed by atoms with Crippen LogP contribution >= 0.6 is 27.7 Å². The quantitative estimate of drug-likeness (QED) is 0.816. The van der Waals surface area contributed by atoms with Gasteiger partial charge in [0.2, 0.25) is 0 Å². The molecule has 0 aliphatic carbocycles. The SMILES string of the molecule is CCNc1ccc(CSc2ccccc2Br)cn1. The number of pyridine rings is 1. The largest absolute Gasteiger partial charge is 0.370 e. The van der Waals surface area contributed by atoms with Gasteiger partial charge in [0.1, 0.15) is 5.82 Å². The molecule has 18 heavy (non-hydrogen) atoms. The number of rotatable bonds is 5. The molecule has 0 saturated heterocycles. The van der Waals surface area contributed by atoms with Crippen molar-refractivity contribution in [2.24, 2.45) is 0 Å². The van der Waals surface area contributed by atoms with Gasteiger partial charge in [-0.2, -0.15) is 0 Å². The van der Waals surface area contributed by atoms with Crippen molar-refractivity contribution in [2.75, 3.05) is 11.9 Å².